The molecule has 154 valence electrons. The van der Waals surface area contributed by atoms with Gasteiger partial charge in [-0.2, -0.15) is 0 Å². The maximum Gasteiger partial charge on any atom is 0.223 e. The van der Waals surface area contributed by atoms with Gasteiger partial charge in [-0.25, -0.2) is 0 Å². The van der Waals surface area contributed by atoms with Crippen LogP contribution in [0.4, 0.5) is 5.69 Å². The number of morpholine rings is 1. The van der Waals surface area contributed by atoms with Gasteiger partial charge in [0.2, 0.25) is 5.91 Å². The lowest BCUT2D eigenvalue weighted by molar-refractivity contribution is -0.133. The van der Waals surface area contributed by atoms with Gasteiger partial charge in [-0.1, -0.05) is 18.2 Å². The molecule has 0 aliphatic carbocycles. The molecule has 0 spiro atoms. The summed E-state index contributed by atoms with van der Waals surface area (Å²) in [7, 11) is 0. The molecule has 2 aliphatic rings. The van der Waals surface area contributed by atoms with E-state index in [1.807, 2.05) is 24.3 Å². The number of aryl methyl sites for hydroxylation is 1. The number of carbonyl (C=O) groups excluding carboxylic acids is 1. The van der Waals surface area contributed by atoms with Crippen molar-refractivity contribution < 1.29 is 9.53 Å². The molecule has 2 aliphatic heterocycles. The molecule has 3 atom stereocenters. The molecule has 0 bridgehead atoms. The number of nitrogens with zero attached hydrogens (tertiary/aromatic N) is 2. The van der Waals surface area contributed by atoms with E-state index < -0.39 is 0 Å². The molecule has 0 aromatic heterocycles. The van der Waals surface area contributed by atoms with Crippen molar-refractivity contribution in [2.75, 3.05) is 31.9 Å². The molecular weight excluding hydrogens is 385 g/mol. The number of carbonyl (C=O) groups is 1. The first kappa shape index (κ1) is 24.0. The van der Waals surface area contributed by atoms with Gasteiger partial charge in [-0.05, 0) is 44.7 Å². The van der Waals surface area contributed by atoms with Crippen LogP contribution in [0.3, 0.4) is 0 Å². The first-order chi connectivity index (χ1) is 12.0. The quantitative estimate of drug-likeness (QED) is 0.747. The first-order valence-corrected chi connectivity index (χ1v) is 9.53. The number of anilines is 1. The minimum absolute atomic E-state index is 0. The summed E-state index contributed by atoms with van der Waals surface area (Å²) in [5, 5.41) is 0. The van der Waals surface area contributed by atoms with Crippen LogP contribution in [0.15, 0.2) is 24.3 Å². The third-order valence-electron chi connectivity index (χ3n) is 5.32. The molecule has 0 saturated carbocycles. The van der Waals surface area contributed by atoms with Crippen LogP contribution in [0, 0.1) is 0 Å². The lowest BCUT2D eigenvalue weighted by Crippen LogP contribution is -2.50. The first-order valence-electron chi connectivity index (χ1n) is 9.53. The van der Waals surface area contributed by atoms with E-state index in [-0.39, 0.29) is 42.9 Å². The number of nitrogens with two attached hydrogens (primary N) is 1. The highest BCUT2D eigenvalue weighted by Crippen LogP contribution is 2.22. The molecule has 27 heavy (non-hydrogen) atoms. The van der Waals surface area contributed by atoms with Crippen molar-refractivity contribution in [1.29, 1.82) is 0 Å². The highest BCUT2D eigenvalue weighted by molar-refractivity contribution is 5.85. The maximum atomic E-state index is 12.8. The second-order valence-corrected chi connectivity index (χ2v) is 7.56. The van der Waals surface area contributed by atoms with Crippen LogP contribution in [-0.4, -0.2) is 60.1 Å². The molecule has 3 unspecified atom stereocenters. The summed E-state index contributed by atoms with van der Waals surface area (Å²) in [6, 6.07) is 8.18. The zero-order chi connectivity index (χ0) is 17.8. The number of amides is 1. The topological polar surface area (TPSA) is 58.8 Å². The fraction of sp³-hybridized carbons (Fsp3) is 0.650. The molecule has 1 aromatic rings. The molecule has 7 heteroatoms. The largest absolute Gasteiger partial charge is 0.399 e. The molecule has 5 nitrogen and oxygen atoms in total. The van der Waals surface area contributed by atoms with Gasteiger partial charge in [-0.15, -0.1) is 24.8 Å². The Bertz CT molecular complexity index is 592. The minimum atomic E-state index is 0. The van der Waals surface area contributed by atoms with Crippen molar-refractivity contribution in [3.8, 4) is 0 Å². The van der Waals surface area contributed by atoms with E-state index in [9.17, 15) is 4.79 Å². The Labute approximate surface area is 175 Å². The second-order valence-electron chi connectivity index (χ2n) is 7.56. The van der Waals surface area contributed by atoms with Crippen molar-refractivity contribution in [2.24, 2.45) is 0 Å². The fourth-order valence-corrected chi connectivity index (χ4v) is 4.23. The number of nitrogen functional groups attached to an aromatic ring is 1. The van der Waals surface area contributed by atoms with Gasteiger partial charge in [-0.3, -0.25) is 9.69 Å². The lowest BCUT2D eigenvalue weighted by Gasteiger charge is -2.38. The SMILES string of the molecule is CC1CN(CC2CCCN2C(=O)CCc2ccccc2N)CC(C)O1.Cl.Cl. The van der Waals surface area contributed by atoms with Crippen molar-refractivity contribution in [1.82, 2.24) is 9.80 Å². The number of hydrogen-bond donors (Lipinski definition) is 1. The number of hydrogen-bond acceptors (Lipinski definition) is 4. The van der Waals surface area contributed by atoms with E-state index in [1.54, 1.807) is 0 Å². The maximum absolute atomic E-state index is 12.8. The van der Waals surface area contributed by atoms with Gasteiger partial charge in [0.1, 0.15) is 0 Å². The summed E-state index contributed by atoms with van der Waals surface area (Å²) in [6.45, 7) is 8.04. The van der Waals surface area contributed by atoms with Gasteiger partial charge in [0.15, 0.2) is 0 Å². The van der Waals surface area contributed by atoms with Crippen LogP contribution in [0.5, 0.6) is 0 Å². The Kier molecular flexibility index (Phi) is 9.88. The normalized spacial score (nSPS) is 25.6. The van der Waals surface area contributed by atoms with E-state index in [1.165, 1.54) is 0 Å². The van der Waals surface area contributed by atoms with Gasteiger partial charge < -0.3 is 15.4 Å². The predicted octanol–water partition coefficient (Wildman–Crippen LogP) is 3.15. The number of para-hydroxylation sites is 1. The molecule has 1 aromatic carbocycles. The van der Waals surface area contributed by atoms with Gasteiger partial charge in [0, 0.05) is 44.3 Å². The second kappa shape index (κ2) is 11.1. The third-order valence-corrected chi connectivity index (χ3v) is 5.32. The van der Waals surface area contributed by atoms with Crippen molar-refractivity contribution >= 4 is 36.4 Å². The standard InChI is InChI=1S/C20H31N3O2.2ClH/c1-15-12-22(13-16(2)25-15)14-18-7-5-11-23(18)20(24)10-9-17-6-3-4-8-19(17)21;;/h3-4,6,8,15-16,18H,5,7,9-14,21H2,1-2H3;2*1H. The summed E-state index contributed by atoms with van der Waals surface area (Å²) < 4.78 is 5.82. The molecule has 2 heterocycles. The van der Waals surface area contributed by atoms with E-state index in [4.69, 9.17) is 10.5 Å². The van der Waals surface area contributed by atoms with Gasteiger partial charge in [0.25, 0.3) is 0 Å². The van der Waals surface area contributed by atoms with Crippen molar-refractivity contribution in [3.63, 3.8) is 0 Å². The van der Waals surface area contributed by atoms with Crippen molar-refractivity contribution in [2.45, 2.75) is 57.8 Å². The zero-order valence-corrected chi connectivity index (χ0v) is 17.9. The van der Waals surface area contributed by atoms with E-state index in [0.29, 0.717) is 12.5 Å². The van der Waals surface area contributed by atoms with Crippen LogP contribution in [0.2, 0.25) is 0 Å². The Morgan fingerprint density at radius 2 is 1.85 bits per heavy atom. The zero-order valence-electron chi connectivity index (χ0n) is 16.3. The highest BCUT2D eigenvalue weighted by Gasteiger charge is 2.32. The van der Waals surface area contributed by atoms with Gasteiger partial charge in [0.05, 0.1) is 12.2 Å². The number of halogens is 2. The number of benzene rings is 1. The van der Waals surface area contributed by atoms with E-state index in [0.717, 1.165) is 56.7 Å². The third kappa shape index (κ3) is 6.53. The molecule has 0 radical (unpaired) electrons. The van der Waals surface area contributed by atoms with E-state index >= 15 is 0 Å². The lowest BCUT2D eigenvalue weighted by atomic mass is 10.1. The van der Waals surface area contributed by atoms with Crippen LogP contribution in [-0.2, 0) is 16.0 Å². The average Bonchev–Trinajstić information content (AvgIpc) is 3.01. The molecular formula is C20H33Cl2N3O2. The molecule has 1 amide bonds. The van der Waals surface area contributed by atoms with Crippen LogP contribution >= 0.6 is 24.8 Å². The Balaban J connectivity index is 0.00000182. The highest BCUT2D eigenvalue weighted by atomic mass is 35.5. The summed E-state index contributed by atoms with van der Waals surface area (Å²) in [4.78, 5) is 17.3. The van der Waals surface area contributed by atoms with Crippen LogP contribution < -0.4 is 5.73 Å². The molecule has 3 rings (SSSR count). The minimum Gasteiger partial charge on any atom is -0.399 e. The Hall–Kier alpha value is -1.01. The Morgan fingerprint density at radius 3 is 2.52 bits per heavy atom. The number of likely N-dealkylation sites (tertiary alicyclic amines) is 1. The smallest absolute Gasteiger partial charge is 0.223 e. The summed E-state index contributed by atoms with van der Waals surface area (Å²) in [5.74, 6) is 0.264. The van der Waals surface area contributed by atoms with Crippen LogP contribution in [0.25, 0.3) is 0 Å². The Morgan fingerprint density at radius 1 is 1.19 bits per heavy atom. The number of ether oxygens (including phenoxy) is 1. The van der Waals surface area contributed by atoms with E-state index in [2.05, 4.69) is 23.6 Å². The molecule has 2 N–H and O–H groups in total. The van der Waals surface area contributed by atoms with Crippen molar-refractivity contribution in [3.05, 3.63) is 29.8 Å². The fourth-order valence-electron chi connectivity index (χ4n) is 4.23. The van der Waals surface area contributed by atoms with Gasteiger partial charge >= 0.3 is 0 Å². The predicted molar refractivity (Wildman–Crippen MR) is 115 cm³/mol. The summed E-state index contributed by atoms with van der Waals surface area (Å²) in [6.07, 6.45) is 4.03. The van der Waals surface area contributed by atoms with Crippen LogP contribution in [0.1, 0.15) is 38.7 Å². The summed E-state index contributed by atoms with van der Waals surface area (Å²) in [5.41, 5.74) is 7.85. The molecule has 2 fully saturated rings. The monoisotopic (exact) mass is 417 g/mol. The average molecular weight is 418 g/mol. The number of rotatable bonds is 5. The summed E-state index contributed by atoms with van der Waals surface area (Å²) >= 11 is 0. The molecule has 2 saturated heterocycles.